The number of carbonyl (C=O) groups excluding carboxylic acids is 1. The Labute approximate surface area is 211 Å². The van der Waals surface area contributed by atoms with Gasteiger partial charge in [-0.1, -0.05) is 43.3 Å². The topological polar surface area (TPSA) is 118 Å². The Balaban J connectivity index is 1.50. The molecular weight excluding hydrogens is 464 g/mol. The average Bonchev–Trinajstić information content (AvgIpc) is 2.90. The number of carboxylic acid groups (broad SMARTS) is 1. The summed E-state index contributed by atoms with van der Waals surface area (Å²) >= 11 is 0. The molecule has 2 fully saturated rings. The average molecular weight is 499 g/mol. The zero-order chi connectivity index (χ0) is 25.5. The predicted molar refractivity (Wildman–Crippen MR) is 132 cm³/mol. The molecule has 194 valence electrons. The van der Waals surface area contributed by atoms with Gasteiger partial charge in [0.2, 0.25) is 5.91 Å². The Hall–Kier alpha value is -2.82. The third-order valence-electron chi connectivity index (χ3n) is 6.70. The zero-order valence-corrected chi connectivity index (χ0v) is 20.5. The second-order valence-corrected chi connectivity index (χ2v) is 9.30. The fourth-order valence-electron chi connectivity index (χ4n) is 4.53. The minimum atomic E-state index is -1.01. The van der Waals surface area contributed by atoms with E-state index in [-0.39, 0.29) is 43.5 Å². The summed E-state index contributed by atoms with van der Waals surface area (Å²) in [6.07, 6.45) is -1.15. The van der Waals surface area contributed by atoms with E-state index in [1.54, 1.807) is 12.1 Å². The van der Waals surface area contributed by atoms with E-state index in [0.29, 0.717) is 18.9 Å². The van der Waals surface area contributed by atoms with Gasteiger partial charge in [-0.25, -0.2) is 0 Å². The molecule has 0 aliphatic carbocycles. The molecule has 2 aromatic rings. The van der Waals surface area contributed by atoms with Gasteiger partial charge in [0, 0.05) is 43.2 Å². The molecule has 0 bridgehead atoms. The first-order valence-corrected chi connectivity index (χ1v) is 12.3. The van der Waals surface area contributed by atoms with Crippen molar-refractivity contribution in [2.75, 3.05) is 38.2 Å². The summed E-state index contributed by atoms with van der Waals surface area (Å²) in [7, 11) is 0. The Morgan fingerprint density at radius 1 is 0.972 bits per heavy atom. The molecule has 2 aromatic carbocycles. The molecule has 2 saturated heterocycles. The quantitative estimate of drug-likeness (QED) is 0.483. The van der Waals surface area contributed by atoms with Crippen molar-refractivity contribution in [1.82, 2.24) is 4.90 Å². The number of anilines is 1. The minimum absolute atomic E-state index is 0.00799. The molecule has 9 heteroatoms. The molecule has 9 nitrogen and oxygen atoms in total. The van der Waals surface area contributed by atoms with Gasteiger partial charge in [-0.2, -0.15) is 0 Å². The summed E-state index contributed by atoms with van der Waals surface area (Å²) in [5.74, 6) is -1.26. The van der Waals surface area contributed by atoms with Gasteiger partial charge in [0.1, 0.15) is 0 Å². The van der Waals surface area contributed by atoms with E-state index in [1.165, 1.54) is 0 Å². The number of rotatable bonds is 9. The van der Waals surface area contributed by atoms with Gasteiger partial charge in [-0.15, -0.1) is 0 Å². The van der Waals surface area contributed by atoms with Gasteiger partial charge in [0.25, 0.3) is 0 Å². The van der Waals surface area contributed by atoms with Gasteiger partial charge in [-0.05, 0) is 23.3 Å². The predicted octanol–water partition coefficient (Wildman–Crippen LogP) is 3.11. The molecule has 0 saturated carbocycles. The molecule has 3 N–H and O–H groups in total. The summed E-state index contributed by atoms with van der Waals surface area (Å²) in [4.78, 5) is 25.0. The maximum atomic E-state index is 12.0. The molecule has 36 heavy (non-hydrogen) atoms. The number of ether oxygens (including phenoxy) is 3. The number of hydrogen-bond donors (Lipinski definition) is 3. The molecule has 0 spiro atoms. The van der Waals surface area contributed by atoms with Crippen LogP contribution in [0.4, 0.5) is 5.69 Å². The van der Waals surface area contributed by atoms with E-state index in [1.807, 2.05) is 36.4 Å². The molecule has 0 aromatic heterocycles. The van der Waals surface area contributed by atoms with Crippen molar-refractivity contribution in [2.45, 2.75) is 44.9 Å². The van der Waals surface area contributed by atoms with E-state index < -0.39 is 12.3 Å². The van der Waals surface area contributed by atoms with Crippen molar-refractivity contribution in [3.63, 3.8) is 0 Å². The lowest BCUT2D eigenvalue weighted by Crippen LogP contribution is -2.47. The van der Waals surface area contributed by atoms with Crippen LogP contribution in [0.2, 0.25) is 0 Å². The number of aliphatic hydroxyl groups is 1. The summed E-state index contributed by atoms with van der Waals surface area (Å²) in [6, 6.07) is 15.1. The van der Waals surface area contributed by atoms with Crippen molar-refractivity contribution in [3.8, 4) is 0 Å². The maximum Gasteiger partial charge on any atom is 0.303 e. The summed E-state index contributed by atoms with van der Waals surface area (Å²) in [5.41, 5.74) is 3.29. The van der Waals surface area contributed by atoms with Crippen LogP contribution < -0.4 is 5.32 Å². The number of benzene rings is 2. The zero-order valence-electron chi connectivity index (χ0n) is 20.5. The van der Waals surface area contributed by atoms with Crippen molar-refractivity contribution in [2.24, 2.45) is 5.92 Å². The van der Waals surface area contributed by atoms with Crippen LogP contribution in [-0.4, -0.2) is 65.9 Å². The standard InChI is InChI=1S/C27H34N2O7/c1-18-23(16-29-12-14-34-15-13-29)35-27(36-26(18)20-4-2-19(17-30)3-5-20)21-6-8-22(9-7-21)28-24(31)10-11-25(32)33/h2-9,18,23,26-27,30H,10-17H2,1H3,(H,28,31)(H,32,33). The molecule has 2 heterocycles. The fourth-order valence-corrected chi connectivity index (χ4v) is 4.53. The number of aliphatic hydroxyl groups excluding tert-OH is 1. The number of carbonyl (C=O) groups is 2. The van der Waals surface area contributed by atoms with Crippen LogP contribution in [-0.2, 0) is 30.4 Å². The van der Waals surface area contributed by atoms with Crippen LogP contribution in [0.5, 0.6) is 0 Å². The molecule has 2 aliphatic heterocycles. The number of nitrogens with one attached hydrogen (secondary N) is 1. The number of morpholine rings is 1. The third kappa shape index (κ3) is 6.89. The molecule has 4 atom stereocenters. The van der Waals surface area contributed by atoms with Crippen LogP contribution in [0.25, 0.3) is 0 Å². The Kier molecular flexibility index (Phi) is 9.06. The van der Waals surface area contributed by atoms with Gasteiger partial charge in [-0.3, -0.25) is 14.5 Å². The van der Waals surface area contributed by atoms with Crippen LogP contribution in [0, 0.1) is 5.92 Å². The van der Waals surface area contributed by atoms with Crippen LogP contribution in [0.1, 0.15) is 48.8 Å². The van der Waals surface area contributed by atoms with Crippen molar-refractivity contribution >= 4 is 17.6 Å². The molecule has 4 rings (SSSR count). The highest BCUT2D eigenvalue weighted by atomic mass is 16.7. The molecule has 4 unspecified atom stereocenters. The van der Waals surface area contributed by atoms with Gasteiger partial charge >= 0.3 is 5.97 Å². The second-order valence-electron chi connectivity index (χ2n) is 9.30. The minimum Gasteiger partial charge on any atom is -0.481 e. The number of hydrogen-bond acceptors (Lipinski definition) is 7. The third-order valence-corrected chi connectivity index (χ3v) is 6.70. The first kappa shape index (κ1) is 26.2. The number of aliphatic carboxylic acids is 1. The van der Waals surface area contributed by atoms with Crippen LogP contribution in [0.15, 0.2) is 48.5 Å². The molecule has 0 radical (unpaired) electrons. The normalized spacial score (nSPS) is 24.8. The second kappa shape index (κ2) is 12.4. The van der Waals surface area contributed by atoms with Gasteiger partial charge < -0.3 is 29.7 Å². The smallest absolute Gasteiger partial charge is 0.303 e. The highest BCUT2D eigenvalue weighted by Crippen LogP contribution is 2.42. The van der Waals surface area contributed by atoms with Crippen molar-refractivity contribution in [1.29, 1.82) is 0 Å². The first-order valence-electron chi connectivity index (χ1n) is 12.3. The highest BCUT2D eigenvalue weighted by Gasteiger charge is 2.39. The Morgan fingerprint density at radius 2 is 1.64 bits per heavy atom. The van der Waals surface area contributed by atoms with Crippen molar-refractivity contribution in [3.05, 3.63) is 65.2 Å². The number of nitrogens with zero attached hydrogens (tertiary/aromatic N) is 1. The largest absolute Gasteiger partial charge is 0.481 e. The van der Waals surface area contributed by atoms with Crippen molar-refractivity contribution < 1.29 is 34.0 Å². The van der Waals surface area contributed by atoms with E-state index >= 15 is 0 Å². The number of carboxylic acids is 1. The molecular formula is C27H34N2O7. The first-order chi connectivity index (χ1) is 17.4. The fraction of sp³-hybridized carbons (Fsp3) is 0.481. The lowest BCUT2D eigenvalue weighted by atomic mass is 9.90. The highest BCUT2D eigenvalue weighted by molar-refractivity contribution is 5.92. The number of amides is 1. The van der Waals surface area contributed by atoms with Crippen LogP contribution in [0.3, 0.4) is 0 Å². The van der Waals surface area contributed by atoms with E-state index in [4.69, 9.17) is 19.3 Å². The molecule has 2 aliphatic rings. The molecule has 1 amide bonds. The van der Waals surface area contributed by atoms with E-state index in [0.717, 1.165) is 36.3 Å². The summed E-state index contributed by atoms with van der Waals surface area (Å²) < 4.78 is 18.4. The summed E-state index contributed by atoms with van der Waals surface area (Å²) in [5, 5.41) is 20.9. The Morgan fingerprint density at radius 3 is 2.28 bits per heavy atom. The van der Waals surface area contributed by atoms with Gasteiger partial charge in [0.05, 0.1) is 38.4 Å². The lowest BCUT2D eigenvalue weighted by Gasteiger charge is -2.43. The monoisotopic (exact) mass is 498 g/mol. The summed E-state index contributed by atoms with van der Waals surface area (Å²) in [6.45, 7) is 6.06. The SMILES string of the molecule is CC1C(CN2CCOCC2)OC(c2ccc(NC(=O)CCC(=O)O)cc2)OC1c1ccc(CO)cc1. The lowest BCUT2D eigenvalue weighted by molar-refractivity contribution is -0.277. The Bertz CT molecular complexity index is 1010. The van der Waals surface area contributed by atoms with Gasteiger partial charge in [0.15, 0.2) is 6.29 Å². The maximum absolute atomic E-state index is 12.0. The van der Waals surface area contributed by atoms with Crippen LogP contribution >= 0.6 is 0 Å². The van der Waals surface area contributed by atoms with E-state index in [2.05, 4.69) is 17.1 Å². The van der Waals surface area contributed by atoms with E-state index in [9.17, 15) is 14.7 Å².